The quantitative estimate of drug-likeness (QED) is 0.723. The molecule has 1 N–H and O–H groups in total. The van der Waals surface area contributed by atoms with Crippen LogP contribution >= 0.6 is 0 Å². The van der Waals surface area contributed by atoms with Gasteiger partial charge in [0.05, 0.1) is 0 Å². The van der Waals surface area contributed by atoms with E-state index in [0.29, 0.717) is 11.8 Å². The summed E-state index contributed by atoms with van der Waals surface area (Å²) in [7, 11) is 1.95. The lowest BCUT2D eigenvalue weighted by molar-refractivity contribution is -0.137. The highest BCUT2D eigenvalue weighted by Crippen LogP contribution is 2.28. The Hall–Kier alpha value is -0.570. The van der Waals surface area contributed by atoms with Crippen molar-refractivity contribution >= 4 is 5.91 Å². The minimum Gasteiger partial charge on any atom is -0.346 e. The summed E-state index contributed by atoms with van der Waals surface area (Å²) in [6.07, 6.45) is 4.65. The van der Waals surface area contributed by atoms with Crippen LogP contribution in [-0.4, -0.2) is 37.5 Å². The average molecular weight is 196 g/mol. The van der Waals surface area contributed by atoms with Gasteiger partial charge in [0.15, 0.2) is 0 Å². The number of amides is 1. The summed E-state index contributed by atoms with van der Waals surface area (Å²) >= 11 is 0. The highest BCUT2D eigenvalue weighted by molar-refractivity contribution is 5.79. The van der Waals surface area contributed by atoms with Crippen LogP contribution in [0.5, 0.6) is 0 Å². The zero-order valence-electron chi connectivity index (χ0n) is 8.96. The Morgan fingerprint density at radius 1 is 1.43 bits per heavy atom. The first-order chi connectivity index (χ1) is 6.77. The van der Waals surface area contributed by atoms with Gasteiger partial charge in [-0.2, -0.15) is 0 Å². The van der Waals surface area contributed by atoms with Crippen LogP contribution < -0.4 is 5.32 Å². The van der Waals surface area contributed by atoms with E-state index in [-0.39, 0.29) is 0 Å². The van der Waals surface area contributed by atoms with Crippen molar-refractivity contribution in [1.29, 1.82) is 0 Å². The minimum absolute atomic E-state index is 0.361. The topological polar surface area (TPSA) is 32.3 Å². The average Bonchev–Trinajstić information content (AvgIpc) is 1.97. The molecule has 14 heavy (non-hydrogen) atoms. The predicted octanol–water partition coefficient (Wildman–Crippen LogP) is 0.854. The molecule has 2 fully saturated rings. The maximum Gasteiger partial charge on any atom is 0.225 e. The number of nitrogens with zero attached hydrogens (tertiary/aromatic N) is 1. The standard InChI is InChI=1S/C11H20N2O/c1-13(6-5-9-7-12-8-9)11(14)10-3-2-4-10/h9-10,12H,2-8H2,1H3. The number of carbonyl (C=O) groups is 1. The molecular weight excluding hydrogens is 176 g/mol. The van der Waals surface area contributed by atoms with Crippen LogP contribution in [0.2, 0.25) is 0 Å². The molecule has 1 heterocycles. The fraction of sp³-hybridized carbons (Fsp3) is 0.909. The molecule has 2 aliphatic rings. The molecule has 1 amide bonds. The molecule has 0 unspecified atom stereocenters. The highest BCUT2D eigenvalue weighted by Gasteiger charge is 2.28. The molecule has 0 spiro atoms. The molecule has 0 aromatic heterocycles. The number of rotatable bonds is 4. The van der Waals surface area contributed by atoms with Crippen LogP contribution in [0.3, 0.4) is 0 Å². The third-order valence-electron chi connectivity index (χ3n) is 3.57. The van der Waals surface area contributed by atoms with Crippen molar-refractivity contribution in [1.82, 2.24) is 10.2 Å². The number of hydrogen-bond donors (Lipinski definition) is 1. The van der Waals surface area contributed by atoms with Crippen LogP contribution in [0.4, 0.5) is 0 Å². The van der Waals surface area contributed by atoms with E-state index in [1.54, 1.807) is 0 Å². The molecule has 80 valence electrons. The lowest BCUT2D eigenvalue weighted by Gasteiger charge is -2.32. The fourth-order valence-corrected chi connectivity index (χ4v) is 2.01. The Morgan fingerprint density at radius 3 is 2.57 bits per heavy atom. The van der Waals surface area contributed by atoms with Crippen molar-refractivity contribution in [2.24, 2.45) is 11.8 Å². The summed E-state index contributed by atoms with van der Waals surface area (Å²) in [6.45, 7) is 3.23. The predicted molar refractivity (Wildman–Crippen MR) is 56.0 cm³/mol. The van der Waals surface area contributed by atoms with Crippen LogP contribution in [0.25, 0.3) is 0 Å². The molecule has 0 radical (unpaired) electrons. The summed E-state index contributed by atoms with van der Waals surface area (Å²) < 4.78 is 0. The molecule has 3 heteroatoms. The summed E-state index contributed by atoms with van der Waals surface area (Å²) in [5.74, 6) is 1.55. The number of nitrogens with one attached hydrogen (secondary N) is 1. The Balaban J connectivity index is 1.65. The normalized spacial score (nSPS) is 22.6. The molecule has 1 saturated heterocycles. The van der Waals surface area contributed by atoms with E-state index >= 15 is 0 Å². The molecule has 1 saturated carbocycles. The smallest absolute Gasteiger partial charge is 0.225 e. The Labute approximate surface area is 85.8 Å². The van der Waals surface area contributed by atoms with Gasteiger partial charge in [-0.15, -0.1) is 0 Å². The Bertz CT molecular complexity index is 209. The molecule has 0 atom stereocenters. The summed E-state index contributed by atoms with van der Waals surface area (Å²) in [5.41, 5.74) is 0. The Morgan fingerprint density at radius 2 is 2.14 bits per heavy atom. The Kier molecular flexibility index (Phi) is 3.06. The second-order valence-corrected chi connectivity index (χ2v) is 4.70. The van der Waals surface area contributed by atoms with Crippen LogP contribution in [0.1, 0.15) is 25.7 Å². The molecular formula is C11H20N2O. The molecule has 3 nitrogen and oxygen atoms in total. The molecule has 1 aliphatic carbocycles. The van der Waals surface area contributed by atoms with Gasteiger partial charge in [-0.25, -0.2) is 0 Å². The van der Waals surface area contributed by atoms with Crippen molar-refractivity contribution in [3.05, 3.63) is 0 Å². The second kappa shape index (κ2) is 4.30. The van der Waals surface area contributed by atoms with E-state index in [2.05, 4.69) is 5.32 Å². The summed E-state index contributed by atoms with van der Waals surface area (Å²) in [4.78, 5) is 13.7. The van der Waals surface area contributed by atoms with Gasteiger partial charge in [0.25, 0.3) is 0 Å². The molecule has 0 aromatic carbocycles. The van der Waals surface area contributed by atoms with E-state index in [9.17, 15) is 4.79 Å². The first-order valence-electron chi connectivity index (χ1n) is 5.73. The van der Waals surface area contributed by atoms with Crippen LogP contribution in [0.15, 0.2) is 0 Å². The van der Waals surface area contributed by atoms with Crippen molar-refractivity contribution in [3.8, 4) is 0 Å². The monoisotopic (exact) mass is 196 g/mol. The van der Waals surface area contributed by atoms with E-state index in [4.69, 9.17) is 0 Å². The van der Waals surface area contributed by atoms with E-state index in [0.717, 1.165) is 38.4 Å². The maximum absolute atomic E-state index is 11.8. The molecule has 1 aliphatic heterocycles. The van der Waals surface area contributed by atoms with Crippen molar-refractivity contribution in [2.75, 3.05) is 26.7 Å². The third kappa shape index (κ3) is 2.08. The molecule has 0 aromatic rings. The van der Waals surface area contributed by atoms with E-state index in [1.165, 1.54) is 12.8 Å². The zero-order chi connectivity index (χ0) is 9.97. The van der Waals surface area contributed by atoms with Gasteiger partial charge < -0.3 is 10.2 Å². The first-order valence-corrected chi connectivity index (χ1v) is 5.73. The van der Waals surface area contributed by atoms with Crippen molar-refractivity contribution in [2.45, 2.75) is 25.7 Å². The second-order valence-electron chi connectivity index (χ2n) is 4.70. The lowest BCUT2D eigenvalue weighted by atomic mass is 9.84. The number of carbonyl (C=O) groups excluding carboxylic acids is 1. The summed E-state index contributed by atoms with van der Waals surface area (Å²) in [6, 6.07) is 0. The molecule has 2 rings (SSSR count). The van der Waals surface area contributed by atoms with Crippen molar-refractivity contribution < 1.29 is 4.79 Å². The van der Waals surface area contributed by atoms with Crippen LogP contribution in [-0.2, 0) is 4.79 Å². The lowest BCUT2D eigenvalue weighted by Crippen LogP contribution is -2.44. The largest absolute Gasteiger partial charge is 0.346 e. The summed E-state index contributed by atoms with van der Waals surface area (Å²) in [5, 5.41) is 3.26. The van der Waals surface area contributed by atoms with E-state index < -0.39 is 0 Å². The fourth-order valence-electron chi connectivity index (χ4n) is 2.01. The van der Waals surface area contributed by atoms with Gasteiger partial charge in [0.1, 0.15) is 0 Å². The van der Waals surface area contributed by atoms with Crippen molar-refractivity contribution in [3.63, 3.8) is 0 Å². The van der Waals surface area contributed by atoms with Crippen LogP contribution in [0, 0.1) is 11.8 Å². The molecule has 0 bridgehead atoms. The van der Waals surface area contributed by atoms with E-state index in [1.807, 2.05) is 11.9 Å². The maximum atomic E-state index is 11.8. The SMILES string of the molecule is CN(CCC1CNC1)C(=O)C1CCC1. The highest BCUT2D eigenvalue weighted by atomic mass is 16.2. The third-order valence-corrected chi connectivity index (χ3v) is 3.57. The van der Waals surface area contributed by atoms with Gasteiger partial charge >= 0.3 is 0 Å². The number of hydrogen-bond acceptors (Lipinski definition) is 2. The zero-order valence-corrected chi connectivity index (χ0v) is 8.96. The minimum atomic E-state index is 0.361. The first kappa shape index (κ1) is 9.97. The van der Waals surface area contributed by atoms with Gasteiger partial charge in [-0.1, -0.05) is 6.42 Å². The van der Waals surface area contributed by atoms with Gasteiger partial charge in [-0.05, 0) is 38.3 Å². The van der Waals surface area contributed by atoms with Gasteiger partial charge in [0.2, 0.25) is 5.91 Å². The van der Waals surface area contributed by atoms with Gasteiger partial charge in [0, 0.05) is 19.5 Å². The van der Waals surface area contributed by atoms with Gasteiger partial charge in [-0.3, -0.25) is 4.79 Å².